The molecular formula is C124H87BN4. The van der Waals surface area contributed by atoms with Gasteiger partial charge in [-0.25, -0.2) is 0 Å². The van der Waals surface area contributed by atoms with Crippen molar-refractivity contribution in [1.82, 2.24) is 9.13 Å². The lowest BCUT2D eigenvalue weighted by molar-refractivity contribution is 0.590. The molecule has 21 aromatic rings. The van der Waals surface area contributed by atoms with Crippen LogP contribution in [-0.2, 0) is 21.7 Å². The van der Waals surface area contributed by atoms with Gasteiger partial charge in [0, 0.05) is 77.9 Å². The van der Waals surface area contributed by atoms with Crippen LogP contribution in [0.15, 0.2) is 418 Å². The molecule has 19 aromatic carbocycles. The van der Waals surface area contributed by atoms with E-state index >= 15 is 0 Å². The number of nitrogens with zero attached hydrogens (tertiary/aromatic N) is 4. The molecule has 129 heavy (non-hydrogen) atoms. The molecule has 0 unspecified atom stereocenters. The van der Waals surface area contributed by atoms with Crippen LogP contribution in [0, 0.1) is 0 Å². The summed E-state index contributed by atoms with van der Waals surface area (Å²) in [4.78, 5) is 4.79. The second-order valence-corrected chi connectivity index (χ2v) is 37.2. The Morgan fingerprint density at radius 3 is 0.884 bits per heavy atom. The summed E-state index contributed by atoms with van der Waals surface area (Å²) in [5, 5.41) is -0.319. The normalized spacial score (nSPS) is 15.8. The van der Waals surface area contributed by atoms with Crippen molar-refractivity contribution in [3.63, 3.8) is 0 Å². The summed E-state index contributed by atoms with van der Waals surface area (Å²) in [7, 11) is 0. The van der Waals surface area contributed by atoms with Gasteiger partial charge in [0.05, 0.1) is 66.2 Å². The molecular weight excluding hydrogens is 1560 g/mol. The number of para-hydroxylation sites is 5. The topological polar surface area (TPSA) is 16.3 Å². The van der Waals surface area contributed by atoms with E-state index in [4.69, 9.17) is 0 Å². The van der Waals surface area contributed by atoms with Crippen molar-refractivity contribution in [2.75, 3.05) is 9.80 Å². The maximum absolute atomic E-state index is 10.2. The third kappa shape index (κ3) is 10.1. The van der Waals surface area contributed by atoms with Crippen molar-refractivity contribution in [2.24, 2.45) is 0 Å². The van der Waals surface area contributed by atoms with E-state index in [1.54, 1.807) is 9.13 Å². The Kier molecular flexibility index (Phi) is 12.4. The predicted molar refractivity (Wildman–Crippen MR) is 541 cm³/mol. The zero-order valence-electron chi connectivity index (χ0n) is 87.5. The van der Waals surface area contributed by atoms with Crippen molar-refractivity contribution >= 4 is 101 Å². The second-order valence-electron chi connectivity index (χ2n) is 37.2. The van der Waals surface area contributed by atoms with E-state index < -0.39 is 125 Å². The van der Waals surface area contributed by atoms with Crippen LogP contribution in [0.1, 0.15) is 119 Å². The summed E-state index contributed by atoms with van der Waals surface area (Å²) in [6, 6.07) is 107. The van der Waals surface area contributed by atoms with Crippen LogP contribution in [0.4, 0.5) is 34.1 Å². The molecule has 4 nitrogen and oxygen atoms in total. The van der Waals surface area contributed by atoms with Crippen molar-refractivity contribution in [1.29, 1.82) is 0 Å². The van der Waals surface area contributed by atoms with Gasteiger partial charge in [-0.05, 0) is 234 Å². The predicted octanol–water partition coefficient (Wildman–Crippen LogP) is 29.9. The Morgan fingerprint density at radius 2 is 0.535 bits per heavy atom. The summed E-state index contributed by atoms with van der Waals surface area (Å²) < 4.78 is 158. The lowest BCUT2D eigenvalue weighted by Gasteiger charge is -2.46. The molecule has 0 N–H and O–H groups in total. The molecule has 27 rings (SSSR count). The van der Waals surface area contributed by atoms with Gasteiger partial charge in [0.1, 0.15) is 0 Å². The van der Waals surface area contributed by atoms with E-state index in [-0.39, 0.29) is 43.6 Å². The van der Waals surface area contributed by atoms with Crippen LogP contribution in [0.2, 0.25) is 0 Å². The van der Waals surface area contributed by atoms with Crippen LogP contribution in [0.3, 0.4) is 0 Å². The highest BCUT2D eigenvalue weighted by Crippen LogP contribution is 2.67. The van der Waals surface area contributed by atoms with E-state index in [1.165, 1.54) is 44.5 Å². The Bertz CT molecular complexity index is 8960. The monoisotopic (exact) mass is 1660 g/mol. The zero-order chi connectivity index (χ0) is 99.6. The number of anilines is 6. The number of benzene rings is 19. The number of aromatic nitrogens is 2. The first-order chi connectivity index (χ1) is 69.9. The molecule has 4 heterocycles. The van der Waals surface area contributed by atoms with Crippen LogP contribution in [-0.4, -0.2) is 15.8 Å². The first-order valence-electron chi connectivity index (χ1n) is 52.3. The lowest BCUT2D eigenvalue weighted by Crippen LogP contribution is -2.61. The van der Waals surface area contributed by atoms with Crippen LogP contribution in [0.5, 0.6) is 0 Å². The molecule has 2 aromatic heterocycles. The van der Waals surface area contributed by atoms with Gasteiger partial charge in [-0.2, -0.15) is 0 Å². The Labute approximate surface area is 774 Å². The van der Waals surface area contributed by atoms with Crippen molar-refractivity contribution in [3.05, 3.63) is 474 Å². The van der Waals surface area contributed by atoms with Crippen molar-refractivity contribution in [3.8, 4) is 100 Å². The molecule has 2 aliphatic heterocycles. The second kappa shape index (κ2) is 27.0. The van der Waals surface area contributed by atoms with Crippen LogP contribution >= 0.6 is 0 Å². The van der Waals surface area contributed by atoms with Crippen LogP contribution < -0.4 is 26.2 Å². The Hall–Kier alpha value is -15.6. The highest BCUT2D eigenvalue weighted by Gasteiger charge is 2.55. The van der Waals surface area contributed by atoms with E-state index in [1.807, 2.05) is 60.7 Å². The van der Waals surface area contributed by atoms with Crippen LogP contribution in [0.25, 0.3) is 144 Å². The molecule has 0 radical (unpaired) electrons. The summed E-state index contributed by atoms with van der Waals surface area (Å²) in [5.74, 6) is 0. The fourth-order valence-electron chi connectivity index (χ4n) is 23.3. The summed E-state index contributed by atoms with van der Waals surface area (Å²) >= 11 is 0. The number of rotatable bonds is 8. The lowest BCUT2D eigenvalue weighted by atomic mass is 9.33. The molecule has 606 valence electrons. The third-order valence-electron chi connectivity index (χ3n) is 28.7. The molecule has 0 saturated heterocycles. The van der Waals surface area contributed by atoms with Gasteiger partial charge >= 0.3 is 0 Å². The molecule has 4 aliphatic carbocycles. The molecule has 0 atom stereocenters. The zero-order valence-corrected chi connectivity index (χ0v) is 71.5. The molecule has 6 aliphatic rings. The average Bonchev–Trinajstić information content (AvgIpc) is 1.43. The Morgan fingerprint density at radius 1 is 0.240 bits per heavy atom. The van der Waals surface area contributed by atoms with E-state index in [0.29, 0.717) is 22.7 Å². The minimum atomic E-state index is -0.834. The molecule has 0 bridgehead atoms. The van der Waals surface area contributed by atoms with Gasteiger partial charge in [0.15, 0.2) is 0 Å². The molecule has 0 saturated carbocycles. The van der Waals surface area contributed by atoms with Gasteiger partial charge < -0.3 is 18.9 Å². The smallest absolute Gasteiger partial charge is 0.252 e. The minimum absolute atomic E-state index is 0.0551. The maximum Gasteiger partial charge on any atom is 0.252 e. The highest BCUT2D eigenvalue weighted by molar-refractivity contribution is 7.00. The molecule has 0 fully saturated rings. The quantitative estimate of drug-likeness (QED) is 0.141. The fourth-order valence-corrected chi connectivity index (χ4v) is 23.3. The van der Waals surface area contributed by atoms with Crippen molar-refractivity contribution in [2.45, 2.75) is 63.2 Å². The first kappa shape index (κ1) is 59.4. The number of hydrogen-bond donors (Lipinski definition) is 0. The van der Waals surface area contributed by atoms with Gasteiger partial charge in [-0.1, -0.05) is 375 Å². The van der Waals surface area contributed by atoms with Gasteiger partial charge in [0.2, 0.25) is 0 Å². The number of hydrogen-bond acceptors (Lipinski definition) is 2. The minimum Gasteiger partial charge on any atom is -0.310 e. The van der Waals surface area contributed by atoms with E-state index in [9.17, 15) is 21.9 Å². The summed E-state index contributed by atoms with van der Waals surface area (Å²) in [5.41, 5.74) is 31.4. The van der Waals surface area contributed by atoms with Gasteiger partial charge in [-0.3, -0.25) is 0 Å². The van der Waals surface area contributed by atoms with Gasteiger partial charge in [0.25, 0.3) is 6.71 Å². The Balaban J connectivity index is 0.829. The SMILES string of the molecule is [2H]c1c([2H])c([2H])c2c(c1[2H])c1c([2H])c([2H])c([2H])c([2H])c1n2-c1ccc2c(c1)N(c1c(-c3ccc4c(c3)-c3ccccc3C43c4ccccc4-c4ccccc43)cccc1-c1ccc3c(c1)-c1ccccc1C31c3ccccc3-c3ccccc31)c1cc(C(C)(C)C)cc3c1B2c1ccc(-n2c4c([2H])c([2H])c([2H])c([2H])c4c4c([2H])c([2H])c([2H])c([2H])c42)cc1N3c1c(-c2ccccc2)cc(C(C)(C)C)cc1-c1ccccc1. The first-order valence-corrected chi connectivity index (χ1v) is 44.3. The number of fused-ring (bicyclic) bond motifs is 30. The summed E-state index contributed by atoms with van der Waals surface area (Å²) in [6.45, 7) is 12.5. The highest BCUT2D eigenvalue weighted by atomic mass is 15.2. The summed E-state index contributed by atoms with van der Waals surface area (Å²) in [6.07, 6.45) is 0. The fraction of sp³-hybridized carbons (Fsp3) is 0.0806. The van der Waals surface area contributed by atoms with Crippen molar-refractivity contribution < 1.29 is 21.9 Å². The largest absolute Gasteiger partial charge is 0.310 e. The maximum atomic E-state index is 10.2. The molecule has 5 heteroatoms. The standard InChI is InChI=1S/C124H87BN4/c1-121(2,3)80-70-96(76-34-9-7-10-35-76)120(97(71-80)77-36-11-8-12-37-77)129-115-75-83(127-112-58-31-21-46-94(112)95-47-22-32-59-113(95)127)63-67-109(115)125-108-66-62-82(126-110-56-29-19-44-92(110)93-45-20-30-57-111(93)126)74-114(108)128(116-72-81(122(4,5)6)73-117(129)118(116)125)119-84(78-60-64-106-98(68-78)90-42-17-27-54-104(90)123(106)100-50-23-13-38-86(100)87-39-14-24-51-101(87)123)48-33-49-85(119)79-61-65-107-99(69-79)91-43-18-28-55-105(91)124(107)102-52-25-15-40-88(102)89-41-16-26-53-103(89)124/h7-75H,1-6H3/i19D,20D,21D,22D,29D,30D,31D,32D,44D,45D,46D,47D,56D,57D,58D,59D. The molecule has 2 spiro atoms. The van der Waals surface area contributed by atoms with Gasteiger partial charge in [-0.15, -0.1) is 0 Å². The average molecular weight is 1660 g/mol. The van der Waals surface area contributed by atoms with E-state index in [0.717, 1.165) is 139 Å². The third-order valence-corrected chi connectivity index (χ3v) is 28.7. The van der Waals surface area contributed by atoms with E-state index in [2.05, 4.69) is 312 Å². The molecule has 0 amide bonds.